The molecule has 0 unspecified atom stereocenters. The molecule has 0 fully saturated rings. The highest BCUT2D eigenvalue weighted by atomic mass is 19.1. The Balaban J connectivity index is 2.39. The molecule has 2 N–H and O–H groups in total. The summed E-state index contributed by atoms with van der Waals surface area (Å²) in [6.45, 7) is 2.03. The van der Waals surface area contributed by atoms with Crippen LogP contribution in [0.5, 0.6) is 0 Å². The van der Waals surface area contributed by atoms with Crippen LogP contribution in [0.1, 0.15) is 18.9 Å². The van der Waals surface area contributed by atoms with Crippen LogP contribution < -0.4 is 10.6 Å². The predicted octanol–water partition coefficient (Wildman–Crippen LogP) is 3.49. The quantitative estimate of drug-likeness (QED) is 0.879. The van der Waals surface area contributed by atoms with Gasteiger partial charge >= 0.3 is 0 Å². The van der Waals surface area contributed by atoms with Gasteiger partial charge in [0, 0.05) is 18.7 Å². The maximum atomic E-state index is 13.7. The number of nitrogens with zero attached hydrogens (tertiary/aromatic N) is 2. The van der Waals surface area contributed by atoms with Gasteiger partial charge in [0.1, 0.15) is 29.6 Å². The predicted molar refractivity (Wildman–Crippen MR) is 75.2 cm³/mol. The third-order valence-electron chi connectivity index (χ3n) is 2.86. The lowest BCUT2D eigenvalue weighted by molar-refractivity contribution is 0.603. The van der Waals surface area contributed by atoms with Gasteiger partial charge in [-0.15, -0.1) is 0 Å². The molecule has 0 saturated heterocycles. The molecular formula is C14H16F2N4. The molecule has 106 valence electrons. The van der Waals surface area contributed by atoms with Crippen molar-refractivity contribution in [1.82, 2.24) is 9.97 Å². The van der Waals surface area contributed by atoms with Crippen LogP contribution in [-0.2, 0) is 6.42 Å². The molecule has 0 spiro atoms. The molecule has 0 atom stereocenters. The van der Waals surface area contributed by atoms with E-state index in [9.17, 15) is 8.78 Å². The van der Waals surface area contributed by atoms with E-state index in [1.165, 1.54) is 6.33 Å². The zero-order chi connectivity index (χ0) is 14.5. The highest BCUT2D eigenvalue weighted by molar-refractivity contribution is 5.65. The van der Waals surface area contributed by atoms with Gasteiger partial charge in [-0.05, 0) is 18.6 Å². The Morgan fingerprint density at radius 1 is 1.15 bits per heavy atom. The molecule has 0 aliphatic rings. The summed E-state index contributed by atoms with van der Waals surface area (Å²) in [6.07, 6.45) is 3.00. The number of nitrogens with one attached hydrogen (secondary N) is 2. The number of halogens is 2. The molecule has 0 aliphatic carbocycles. The summed E-state index contributed by atoms with van der Waals surface area (Å²) in [5, 5.41) is 5.81. The fraction of sp³-hybridized carbons (Fsp3) is 0.286. The number of hydrogen-bond donors (Lipinski definition) is 2. The number of rotatable bonds is 5. The maximum absolute atomic E-state index is 13.7. The minimum Gasteiger partial charge on any atom is -0.373 e. The molecule has 0 amide bonds. The minimum absolute atomic E-state index is 0.0584. The highest BCUT2D eigenvalue weighted by Crippen LogP contribution is 2.26. The van der Waals surface area contributed by atoms with Crippen LogP contribution in [0.25, 0.3) is 0 Å². The van der Waals surface area contributed by atoms with Gasteiger partial charge in [-0.2, -0.15) is 0 Å². The lowest BCUT2D eigenvalue weighted by atomic mass is 10.1. The van der Waals surface area contributed by atoms with Crippen molar-refractivity contribution < 1.29 is 8.78 Å². The number of benzene rings is 1. The summed E-state index contributed by atoms with van der Waals surface area (Å²) < 4.78 is 26.9. The lowest BCUT2D eigenvalue weighted by Crippen LogP contribution is -2.06. The molecule has 1 aromatic heterocycles. The van der Waals surface area contributed by atoms with Gasteiger partial charge < -0.3 is 10.6 Å². The van der Waals surface area contributed by atoms with E-state index in [1.807, 2.05) is 6.92 Å². The maximum Gasteiger partial charge on any atom is 0.146 e. The zero-order valence-electron chi connectivity index (χ0n) is 11.4. The molecule has 2 aromatic rings. The van der Waals surface area contributed by atoms with E-state index in [1.54, 1.807) is 7.05 Å². The molecule has 0 saturated carbocycles. The summed E-state index contributed by atoms with van der Waals surface area (Å²) >= 11 is 0. The van der Waals surface area contributed by atoms with E-state index in [4.69, 9.17) is 0 Å². The van der Waals surface area contributed by atoms with Crippen molar-refractivity contribution in [3.05, 3.63) is 41.7 Å². The molecular weight excluding hydrogens is 262 g/mol. The standard InChI is InChI=1S/C14H16F2N4/c1-3-4-10-13(17-2)18-8-19-14(10)20-12-7-9(15)5-6-11(12)16/h5-8H,3-4H2,1-2H3,(H2,17,18,19,20). The van der Waals surface area contributed by atoms with Crippen molar-refractivity contribution in [2.45, 2.75) is 19.8 Å². The second-order valence-electron chi connectivity index (χ2n) is 4.30. The Kier molecular flexibility index (Phi) is 4.45. The van der Waals surface area contributed by atoms with Crippen molar-refractivity contribution in [1.29, 1.82) is 0 Å². The molecule has 0 bridgehead atoms. The van der Waals surface area contributed by atoms with Crippen molar-refractivity contribution >= 4 is 17.3 Å². The van der Waals surface area contributed by atoms with Crippen molar-refractivity contribution in [3.63, 3.8) is 0 Å². The fourth-order valence-electron chi connectivity index (χ4n) is 1.94. The van der Waals surface area contributed by atoms with E-state index in [0.717, 1.165) is 36.6 Å². The number of anilines is 3. The van der Waals surface area contributed by atoms with Crippen LogP contribution in [0.3, 0.4) is 0 Å². The van der Waals surface area contributed by atoms with Gasteiger partial charge in [0.05, 0.1) is 5.69 Å². The topological polar surface area (TPSA) is 49.8 Å². The lowest BCUT2D eigenvalue weighted by Gasteiger charge is -2.14. The largest absolute Gasteiger partial charge is 0.373 e. The fourth-order valence-corrected chi connectivity index (χ4v) is 1.94. The molecule has 20 heavy (non-hydrogen) atoms. The third-order valence-corrected chi connectivity index (χ3v) is 2.86. The van der Waals surface area contributed by atoms with E-state index in [-0.39, 0.29) is 5.69 Å². The van der Waals surface area contributed by atoms with E-state index in [2.05, 4.69) is 20.6 Å². The van der Waals surface area contributed by atoms with Gasteiger partial charge in [-0.1, -0.05) is 13.3 Å². The van der Waals surface area contributed by atoms with Crippen LogP contribution in [0.2, 0.25) is 0 Å². The molecule has 4 nitrogen and oxygen atoms in total. The Morgan fingerprint density at radius 2 is 1.90 bits per heavy atom. The summed E-state index contributed by atoms with van der Waals surface area (Å²) in [7, 11) is 1.76. The van der Waals surface area contributed by atoms with Gasteiger partial charge in [0.15, 0.2) is 0 Å². The van der Waals surface area contributed by atoms with E-state index in [0.29, 0.717) is 11.6 Å². The summed E-state index contributed by atoms with van der Waals surface area (Å²) in [4.78, 5) is 8.25. The van der Waals surface area contributed by atoms with Crippen molar-refractivity contribution in [2.75, 3.05) is 17.7 Å². The number of hydrogen-bond acceptors (Lipinski definition) is 4. The van der Waals surface area contributed by atoms with Gasteiger partial charge in [0.25, 0.3) is 0 Å². The van der Waals surface area contributed by atoms with Crippen LogP contribution in [0.15, 0.2) is 24.5 Å². The van der Waals surface area contributed by atoms with E-state index >= 15 is 0 Å². The average molecular weight is 278 g/mol. The first-order chi connectivity index (χ1) is 9.65. The monoisotopic (exact) mass is 278 g/mol. The zero-order valence-corrected chi connectivity index (χ0v) is 11.4. The molecule has 0 radical (unpaired) electrons. The smallest absolute Gasteiger partial charge is 0.146 e. The molecule has 0 aliphatic heterocycles. The van der Waals surface area contributed by atoms with Gasteiger partial charge in [-0.25, -0.2) is 18.7 Å². The van der Waals surface area contributed by atoms with Gasteiger partial charge in [-0.3, -0.25) is 0 Å². The summed E-state index contributed by atoms with van der Waals surface area (Å²) in [6, 6.07) is 3.26. The van der Waals surface area contributed by atoms with Crippen LogP contribution >= 0.6 is 0 Å². The van der Waals surface area contributed by atoms with Crippen LogP contribution in [0.4, 0.5) is 26.1 Å². The molecule has 1 heterocycles. The molecule has 1 aromatic carbocycles. The second-order valence-corrected chi connectivity index (χ2v) is 4.30. The average Bonchev–Trinajstić information content (AvgIpc) is 2.45. The first-order valence-corrected chi connectivity index (χ1v) is 6.39. The number of aromatic nitrogens is 2. The van der Waals surface area contributed by atoms with Crippen LogP contribution in [0, 0.1) is 11.6 Å². The minimum atomic E-state index is -0.529. The normalized spacial score (nSPS) is 10.4. The highest BCUT2D eigenvalue weighted by Gasteiger charge is 2.12. The van der Waals surface area contributed by atoms with Crippen LogP contribution in [-0.4, -0.2) is 17.0 Å². The Labute approximate surface area is 116 Å². The van der Waals surface area contributed by atoms with Crippen molar-refractivity contribution in [2.24, 2.45) is 0 Å². The Hall–Kier alpha value is -2.24. The summed E-state index contributed by atoms with van der Waals surface area (Å²) in [5.74, 6) is 0.129. The summed E-state index contributed by atoms with van der Waals surface area (Å²) in [5.41, 5.74) is 0.907. The van der Waals surface area contributed by atoms with Gasteiger partial charge in [0.2, 0.25) is 0 Å². The molecule has 2 rings (SSSR count). The first-order valence-electron chi connectivity index (χ1n) is 6.39. The Morgan fingerprint density at radius 3 is 2.60 bits per heavy atom. The SMILES string of the molecule is CCCc1c(NC)ncnc1Nc1cc(F)ccc1F. The van der Waals surface area contributed by atoms with E-state index < -0.39 is 11.6 Å². The third kappa shape index (κ3) is 3.01. The van der Waals surface area contributed by atoms with Crippen molar-refractivity contribution in [3.8, 4) is 0 Å². The first kappa shape index (κ1) is 14.2. The second kappa shape index (κ2) is 6.27. The Bertz CT molecular complexity index is 602. The molecule has 6 heteroatoms.